The van der Waals surface area contributed by atoms with Gasteiger partial charge in [0.15, 0.2) is 0 Å². The third-order valence-corrected chi connectivity index (χ3v) is 5.26. The molecule has 0 aliphatic heterocycles. The molecular weight excluding hydrogens is 358 g/mol. The van der Waals surface area contributed by atoms with Crippen LogP contribution in [0.3, 0.4) is 0 Å². The molecule has 3 aromatic carbocycles. The second-order valence-corrected chi connectivity index (χ2v) is 7.44. The van der Waals surface area contributed by atoms with Gasteiger partial charge in [0.25, 0.3) is 0 Å². The molecular formula is C26H29NO2. The Bertz CT molecular complexity index is 865. The summed E-state index contributed by atoms with van der Waals surface area (Å²) in [7, 11) is 0. The first-order chi connectivity index (χ1) is 14.1. The minimum absolute atomic E-state index is 0.0497. The summed E-state index contributed by atoms with van der Waals surface area (Å²) in [4.78, 5) is 14.9. The lowest BCUT2D eigenvalue weighted by molar-refractivity contribution is -0.146. The normalized spacial score (nSPS) is 13.1. The summed E-state index contributed by atoms with van der Waals surface area (Å²) < 4.78 is 5.52. The van der Waals surface area contributed by atoms with E-state index in [0.717, 1.165) is 12.1 Å². The Hall–Kier alpha value is -2.91. The fraction of sp³-hybridized carbons (Fsp3) is 0.269. The molecule has 0 fully saturated rings. The molecule has 0 unspecified atom stereocenters. The lowest BCUT2D eigenvalue weighted by atomic mass is 10.0. The van der Waals surface area contributed by atoms with E-state index in [-0.39, 0.29) is 18.1 Å². The Morgan fingerprint density at radius 1 is 0.793 bits per heavy atom. The summed E-state index contributed by atoms with van der Waals surface area (Å²) >= 11 is 0. The van der Waals surface area contributed by atoms with Crippen molar-refractivity contribution in [3.8, 4) is 0 Å². The molecule has 0 heterocycles. The van der Waals surface area contributed by atoms with Gasteiger partial charge in [-0.25, -0.2) is 0 Å². The molecule has 29 heavy (non-hydrogen) atoms. The maximum Gasteiger partial charge on any atom is 0.307 e. The van der Waals surface area contributed by atoms with E-state index in [1.807, 2.05) is 42.5 Å². The van der Waals surface area contributed by atoms with Crippen molar-refractivity contribution in [2.75, 3.05) is 0 Å². The van der Waals surface area contributed by atoms with Crippen molar-refractivity contribution in [1.29, 1.82) is 0 Å². The zero-order chi connectivity index (χ0) is 20.5. The molecule has 0 N–H and O–H groups in total. The maximum atomic E-state index is 12.5. The maximum absolute atomic E-state index is 12.5. The number of hydrogen-bond acceptors (Lipinski definition) is 3. The van der Waals surface area contributed by atoms with Gasteiger partial charge in [-0.1, -0.05) is 91.0 Å². The van der Waals surface area contributed by atoms with Crippen LogP contribution in [0.1, 0.15) is 43.0 Å². The van der Waals surface area contributed by atoms with Gasteiger partial charge in [0.1, 0.15) is 6.61 Å². The van der Waals surface area contributed by atoms with Gasteiger partial charge in [0, 0.05) is 18.6 Å². The smallest absolute Gasteiger partial charge is 0.307 e. The number of nitrogens with zero attached hydrogens (tertiary/aromatic N) is 1. The number of benzene rings is 3. The van der Waals surface area contributed by atoms with Gasteiger partial charge in [-0.3, -0.25) is 9.69 Å². The fourth-order valence-corrected chi connectivity index (χ4v) is 3.55. The number of esters is 1. The molecule has 0 aromatic heterocycles. The van der Waals surface area contributed by atoms with Gasteiger partial charge in [0.05, 0.1) is 6.42 Å². The molecule has 3 heteroatoms. The molecule has 2 atom stereocenters. The molecule has 3 nitrogen and oxygen atoms in total. The largest absolute Gasteiger partial charge is 0.461 e. The highest BCUT2D eigenvalue weighted by Gasteiger charge is 2.24. The van der Waals surface area contributed by atoms with E-state index in [1.165, 1.54) is 11.1 Å². The summed E-state index contributed by atoms with van der Waals surface area (Å²) in [5.74, 6) is -0.167. The third kappa shape index (κ3) is 6.30. The van der Waals surface area contributed by atoms with Crippen molar-refractivity contribution in [1.82, 2.24) is 4.90 Å². The van der Waals surface area contributed by atoms with Crippen molar-refractivity contribution in [3.05, 3.63) is 108 Å². The van der Waals surface area contributed by atoms with E-state index in [1.54, 1.807) is 0 Å². The molecule has 0 saturated carbocycles. The average molecular weight is 388 g/mol. The van der Waals surface area contributed by atoms with Crippen molar-refractivity contribution in [2.24, 2.45) is 0 Å². The van der Waals surface area contributed by atoms with Gasteiger partial charge in [-0.2, -0.15) is 0 Å². The Kier molecular flexibility index (Phi) is 7.60. The average Bonchev–Trinajstić information content (AvgIpc) is 2.77. The minimum Gasteiger partial charge on any atom is -0.461 e. The van der Waals surface area contributed by atoms with Gasteiger partial charge < -0.3 is 4.74 Å². The van der Waals surface area contributed by atoms with Gasteiger partial charge in [-0.05, 0) is 30.5 Å². The summed E-state index contributed by atoms with van der Waals surface area (Å²) in [6.45, 7) is 5.40. The van der Waals surface area contributed by atoms with Crippen molar-refractivity contribution in [2.45, 2.75) is 45.5 Å². The zero-order valence-electron chi connectivity index (χ0n) is 17.2. The standard InChI is InChI=1S/C26H29NO2/c1-21(18-26(28)29-20-24-14-8-4-9-15-24)27(19-23-12-6-3-7-13-23)22(2)25-16-10-5-11-17-25/h3-17,21-22H,18-20H2,1-2H3/t21-,22-/m0/s1. The highest BCUT2D eigenvalue weighted by Crippen LogP contribution is 2.26. The van der Waals surface area contributed by atoms with Crippen LogP contribution in [0.25, 0.3) is 0 Å². The molecule has 0 amide bonds. The predicted molar refractivity (Wildman–Crippen MR) is 117 cm³/mol. The summed E-state index contributed by atoms with van der Waals surface area (Å²) in [6, 6.07) is 30.9. The summed E-state index contributed by atoms with van der Waals surface area (Å²) in [6.07, 6.45) is 0.358. The lowest BCUT2D eigenvalue weighted by Gasteiger charge is -2.34. The number of carbonyl (C=O) groups excluding carboxylic acids is 1. The Balaban J connectivity index is 1.67. The van der Waals surface area contributed by atoms with Crippen molar-refractivity contribution in [3.63, 3.8) is 0 Å². The number of rotatable bonds is 9. The zero-order valence-corrected chi connectivity index (χ0v) is 17.2. The quantitative estimate of drug-likeness (QED) is 0.436. The Morgan fingerprint density at radius 2 is 1.31 bits per heavy atom. The number of hydrogen-bond donors (Lipinski definition) is 0. The van der Waals surface area contributed by atoms with Gasteiger partial charge >= 0.3 is 5.97 Å². The van der Waals surface area contributed by atoms with Gasteiger partial charge in [0.2, 0.25) is 0 Å². The van der Waals surface area contributed by atoms with Crippen molar-refractivity contribution >= 4 is 5.97 Å². The molecule has 0 saturated heterocycles. The molecule has 3 rings (SSSR count). The number of carbonyl (C=O) groups is 1. The first kappa shape index (κ1) is 20.8. The predicted octanol–water partition coefficient (Wildman–Crippen LogP) is 5.77. The van der Waals surface area contributed by atoms with E-state index < -0.39 is 0 Å². The van der Waals surface area contributed by atoms with Crippen LogP contribution in [-0.4, -0.2) is 16.9 Å². The molecule has 150 valence electrons. The Morgan fingerprint density at radius 3 is 1.90 bits per heavy atom. The molecule has 0 bridgehead atoms. The molecule has 0 radical (unpaired) electrons. The van der Waals surface area contributed by atoms with Crippen LogP contribution in [0.2, 0.25) is 0 Å². The highest BCUT2D eigenvalue weighted by molar-refractivity contribution is 5.70. The van der Waals surface area contributed by atoms with Crippen molar-refractivity contribution < 1.29 is 9.53 Å². The van der Waals surface area contributed by atoms with E-state index >= 15 is 0 Å². The lowest BCUT2D eigenvalue weighted by Crippen LogP contribution is -2.36. The van der Waals surface area contributed by atoms with Crippen LogP contribution in [-0.2, 0) is 22.7 Å². The molecule has 0 aliphatic rings. The van der Waals surface area contributed by atoms with Gasteiger partial charge in [-0.15, -0.1) is 0 Å². The molecule has 3 aromatic rings. The van der Waals surface area contributed by atoms with Crippen LogP contribution >= 0.6 is 0 Å². The second kappa shape index (κ2) is 10.6. The molecule has 0 spiro atoms. The first-order valence-electron chi connectivity index (χ1n) is 10.2. The van der Waals surface area contributed by atoms with Crippen LogP contribution in [0, 0.1) is 0 Å². The van der Waals surface area contributed by atoms with E-state index in [9.17, 15) is 4.79 Å². The topological polar surface area (TPSA) is 29.5 Å². The molecule has 0 aliphatic carbocycles. The van der Waals surface area contributed by atoms with Crippen LogP contribution in [0.4, 0.5) is 0 Å². The van der Waals surface area contributed by atoms with E-state index in [0.29, 0.717) is 13.0 Å². The number of ether oxygens (including phenoxy) is 1. The minimum atomic E-state index is -0.167. The monoisotopic (exact) mass is 387 g/mol. The van der Waals surface area contributed by atoms with E-state index in [4.69, 9.17) is 4.74 Å². The van der Waals surface area contributed by atoms with E-state index in [2.05, 4.69) is 67.3 Å². The second-order valence-electron chi connectivity index (χ2n) is 7.44. The highest BCUT2D eigenvalue weighted by atomic mass is 16.5. The Labute approximate surface area is 174 Å². The third-order valence-electron chi connectivity index (χ3n) is 5.26. The summed E-state index contributed by atoms with van der Waals surface area (Å²) in [5, 5.41) is 0. The van der Waals surface area contributed by atoms with Crippen LogP contribution < -0.4 is 0 Å². The summed E-state index contributed by atoms with van der Waals surface area (Å²) in [5.41, 5.74) is 3.49. The SMILES string of the molecule is C[C@@H](CC(=O)OCc1ccccc1)N(Cc1ccccc1)[C@@H](C)c1ccccc1. The fourth-order valence-electron chi connectivity index (χ4n) is 3.55. The van der Waals surface area contributed by atoms with Crippen LogP contribution in [0.5, 0.6) is 0 Å². The van der Waals surface area contributed by atoms with Crippen LogP contribution in [0.15, 0.2) is 91.0 Å². The first-order valence-corrected chi connectivity index (χ1v) is 10.2.